The summed E-state index contributed by atoms with van der Waals surface area (Å²) in [7, 11) is 0. The smallest absolute Gasteiger partial charge is 0.325 e. The van der Waals surface area contributed by atoms with Gasteiger partial charge in [0.2, 0.25) is 0 Å². The van der Waals surface area contributed by atoms with Crippen molar-refractivity contribution in [2.24, 2.45) is 0 Å². The number of nitrogens with one attached hydrogen (secondary N) is 1. The highest BCUT2D eigenvalue weighted by Gasteiger charge is 2.30. The zero-order valence-electron chi connectivity index (χ0n) is 8.94. The molecule has 1 atom stereocenters. The Labute approximate surface area is 96.9 Å². The molecule has 0 aliphatic carbocycles. The van der Waals surface area contributed by atoms with Crippen LogP contribution in [0.1, 0.15) is 11.6 Å². The highest BCUT2D eigenvalue weighted by atomic mass is 19.3. The van der Waals surface area contributed by atoms with E-state index in [1.54, 1.807) is 18.2 Å². The molecule has 17 heavy (non-hydrogen) atoms. The van der Waals surface area contributed by atoms with E-state index in [1.165, 1.54) is 12.1 Å². The molecule has 1 aromatic rings. The monoisotopic (exact) mass is 245 g/mol. The Morgan fingerprint density at radius 1 is 1.35 bits per heavy atom. The van der Waals surface area contributed by atoms with Crippen LogP contribution in [0.5, 0.6) is 0 Å². The van der Waals surface area contributed by atoms with E-state index < -0.39 is 31.1 Å². The lowest BCUT2D eigenvalue weighted by Gasteiger charge is -2.19. The molecule has 1 aromatic carbocycles. The number of alkyl halides is 2. The Morgan fingerprint density at radius 3 is 2.41 bits per heavy atom. The van der Waals surface area contributed by atoms with Crippen LogP contribution in [0.25, 0.3) is 0 Å². The van der Waals surface area contributed by atoms with E-state index in [1.807, 2.05) is 0 Å². The minimum Gasteiger partial charge on any atom is -0.480 e. The van der Waals surface area contributed by atoms with Crippen LogP contribution in [-0.4, -0.2) is 35.3 Å². The van der Waals surface area contributed by atoms with E-state index in [-0.39, 0.29) is 0 Å². The zero-order chi connectivity index (χ0) is 12.9. The molecule has 0 bridgehead atoms. The number of benzene rings is 1. The van der Waals surface area contributed by atoms with Gasteiger partial charge in [0.15, 0.2) is 0 Å². The van der Waals surface area contributed by atoms with Gasteiger partial charge in [0.05, 0.1) is 6.54 Å². The number of rotatable bonds is 6. The van der Waals surface area contributed by atoms with Crippen LogP contribution in [0.3, 0.4) is 0 Å². The lowest BCUT2D eigenvalue weighted by molar-refractivity contribution is -0.140. The Hall–Kier alpha value is -1.53. The third-order valence-corrected chi connectivity index (χ3v) is 2.18. The number of carboxylic acids is 1. The van der Waals surface area contributed by atoms with Crippen LogP contribution < -0.4 is 5.32 Å². The van der Waals surface area contributed by atoms with E-state index in [9.17, 15) is 13.6 Å². The summed E-state index contributed by atoms with van der Waals surface area (Å²) in [4.78, 5) is 10.9. The number of carboxylic acid groups (broad SMARTS) is 1. The van der Waals surface area contributed by atoms with Crippen molar-refractivity contribution in [3.05, 3.63) is 35.9 Å². The van der Waals surface area contributed by atoms with E-state index in [0.717, 1.165) is 0 Å². The predicted octanol–water partition coefficient (Wildman–Crippen LogP) is 1.03. The lowest BCUT2D eigenvalue weighted by Crippen LogP contribution is -2.40. The number of aliphatic hydroxyl groups excluding tert-OH is 1. The molecule has 4 nitrogen and oxygen atoms in total. The molecule has 6 heteroatoms. The first kappa shape index (κ1) is 13.5. The topological polar surface area (TPSA) is 69.6 Å². The van der Waals surface area contributed by atoms with E-state index in [0.29, 0.717) is 5.56 Å². The molecule has 3 N–H and O–H groups in total. The highest BCUT2D eigenvalue weighted by Crippen LogP contribution is 2.16. The molecular weight excluding hydrogens is 232 g/mol. The molecule has 1 unspecified atom stereocenters. The van der Waals surface area contributed by atoms with Crippen LogP contribution in [-0.2, 0) is 4.79 Å². The summed E-state index contributed by atoms with van der Waals surface area (Å²) >= 11 is 0. The van der Waals surface area contributed by atoms with Crippen LogP contribution >= 0.6 is 0 Å². The molecule has 0 amide bonds. The molecule has 0 radical (unpaired) electrons. The van der Waals surface area contributed by atoms with Crippen molar-refractivity contribution in [1.82, 2.24) is 5.32 Å². The van der Waals surface area contributed by atoms with Gasteiger partial charge >= 0.3 is 5.97 Å². The standard InChI is InChI=1S/C11H13F2NO3/c12-11(13,7-15)6-14-9(10(16)17)8-4-2-1-3-5-8/h1-5,9,14-15H,6-7H2,(H,16,17). The van der Waals surface area contributed by atoms with Gasteiger partial charge in [0.25, 0.3) is 5.92 Å². The normalized spacial score (nSPS) is 13.4. The van der Waals surface area contributed by atoms with Gasteiger partial charge in [-0.3, -0.25) is 10.1 Å². The summed E-state index contributed by atoms with van der Waals surface area (Å²) in [5.74, 6) is -4.58. The minimum absolute atomic E-state index is 0.383. The maximum atomic E-state index is 12.8. The first-order chi connectivity index (χ1) is 7.96. The maximum Gasteiger partial charge on any atom is 0.325 e. The van der Waals surface area contributed by atoms with E-state index in [2.05, 4.69) is 5.32 Å². The molecule has 0 aliphatic heterocycles. The average Bonchev–Trinajstić information content (AvgIpc) is 2.30. The Morgan fingerprint density at radius 2 is 1.94 bits per heavy atom. The number of carbonyl (C=O) groups is 1. The molecule has 0 saturated carbocycles. The lowest BCUT2D eigenvalue weighted by atomic mass is 10.1. The molecule has 0 heterocycles. The molecule has 0 aromatic heterocycles. The van der Waals surface area contributed by atoms with Gasteiger partial charge in [0.1, 0.15) is 12.6 Å². The number of aliphatic hydroxyl groups is 1. The molecule has 0 fully saturated rings. The summed E-state index contributed by atoms with van der Waals surface area (Å²) in [6.45, 7) is -2.21. The highest BCUT2D eigenvalue weighted by molar-refractivity contribution is 5.75. The summed E-state index contributed by atoms with van der Waals surface area (Å²) in [5.41, 5.74) is 0.383. The number of hydrogen-bond donors (Lipinski definition) is 3. The second-order valence-corrected chi connectivity index (χ2v) is 3.58. The van der Waals surface area contributed by atoms with Crippen LogP contribution in [0.2, 0.25) is 0 Å². The van der Waals surface area contributed by atoms with Crippen molar-refractivity contribution in [2.45, 2.75) is 12.0 Å². The second kappa shape index (κ2) is 5.70. The van der Waals surface area contributed by atoms with Gasteiger partial charge < -0.3 is 10.2 Å². The first-order valence-electron chi connectivity index (χ1n) is 4.96. The maximum absolute atomic E-state index is 12.8. The second-order valence-electron chi connectivity index (χ2n) is 3.58. The van der Waals surface area contributed by atoms with Gasteiger partial charge in [-0.2, -0.15) is 0 Å². The molecule has 0 spiro atoms. The predicted molar refractivity (Wildman–Crippen MR) is 56.9 cm³/mol. The largest absolute Gasteiger partial charge is 0.480 e. The zero-order valence-corrected chi connectivity index (χ0v) is 8.94. The third kappa shape index (κ3) is 4.08. The van der Waals surface area contributed by atoms with Crippen LogP contribution in [0.15, 0.2) is 30.3 Å². The minimum atomic E-state index is -3.33. The number of hydrogen-bond acceptors (Lipinski definition) is 3. The Kier molecular flexibility index (Phi) is 4.53. The summed E-state index contributed by atoms with van der Waals surface area (Å²) < 4.78 is 25.6. The molecule has 1 rings (SSSR count). The van der Waals surface area contributed by atoms with Crippen LogP contribution in [0, 0.1) is 0 Å². The van der Waals surface area contributed by atoms with Gasteiger partial charge in [-0.15, -0.1) is 0 Å². The van der Waals surface area contributed by atoms with Crippen molar-refractivity contribution in [3.63, 3.8) is 0 Å². The third-order valence-electron chi connectivity index (χ3n) is 2.18. The fourth-order valence-electron chi connectivity index (χ4n) is 1.30. The fraction of sp³-hybridized carbons (Fsp3) is 0.364. The first-order valence-corrected chi connectivity index (χ1v) is 4.96. The van der Waals surface area contributed by atoms with Crippen molar-refractivity contribution >= 4 is 5.97 Å². The van der Waals surface area contributed by atoms with E-state index in [4.69, 9.17) is 10.2 Å². The molecule has 0 saturated heterocycles. The Balaban J connectivity index is 2.72. The van der Waals surface area contributed by atoms with Crippen LogP contribution in [0.4, 0.5) is 8.78 Å². The van der Waals surface area contributed by atoms with Gasteiger partial charge in [-0.05, 0) is 5.56 Å². The molecule has 0 aliphatic rings. The summed E-state index contributed by atoms with van der Waals surface area (Å²) in [5, 5.41) is 19.5. The Bertz CT molecular complexity index is 370. The average molecular weight is 245 g/mol. The summed E-state index contributed by atoms with van der Waals surface area (Å²) in [6, 6.07) is 6.79. The quantitative estimate of drug-likeness (QED) is 0.700. The van der Waals surface area contributed by atoms with Gasteiger partial charge in [0, 0.05) is 0 Å². The van der Waals surface area contributed by atoms with Gasteiger partial charge in [-0.25, -0.2) is 8.78 Å². The van der Waals surface area contributed by atoms with Crippen molar-refractivity contribution < 1.29 is 23.8 Å². The van der Waals surface area contributed by atoms with Crippen molar-refractivity contribution in [1.29, 1.82) is 0 Å². The van der Waals surface area contributed by atoms with Crippen molar-refractivity contribution in [2.75, 3.05) is 13.2 Å². The fourth-order valence-corrected chi connectivity index (χ4v) is 1.30. The van der Waals surface area contributed by atoms with E-state index >= 15 is 0 Å². The SMILES string of the molecule is O=C(O)C(NCC(F)(F)CO)c1ccccc1. The summed E-state index contributed by atoms with van der Waals surface area (Å²) in [6.07, 6.45) is 0. The van der Waals surface area contributed by atoms with Crippen molar-refractivity contribution in [3.8, 4) is 0 Å². The number of aliphatic carboxylic acids is 1. The molecule has 94 valence electrons. The number of halogens is 2. The molecular formula is C11H13F2NO3. The van der Waals surface area contributed by atoms with Gasteiger partial charge in [-0.1, -0.05) is 30.3 Å².